The summed E-state index contributed by atoms with van der Waals surface area (Å²) in [6.45, 7) is 2.86. The minimum atomic E-state index is -0.332. The summed E-state index contributed by atoms with van der Waals surface area (Å²) in [5.41, 5.74) is 2.15. The van der Waals surface area contributed by atoms with Gasteiger partial charge in [0.15, 0.2) is 0 Å². The monoisotopic (exact) mass is 292 g/mol. The van der Waals surface area contributed by atoms with Gasteiger partial charge in [-0.2, -0.15) is 0 Å². The van der Waals surface area contributed by atoms with Crippen molar-refractivity contribution in [2.24, 2.45) is 0 Å². The van der Waals surface area contributed by atoms with E-state index >= 15 is 0 Å². The number of rotatable bonds is 12. The molecule has 2 nitrogen and oxygen atoms in total. The molecule has 120 valence electrons. The fourth-order valence-electron chi connectivity index (χ4n) is 2.70. The normalized spacial score (nSPS) is 12.5. The van der Waals surface area contributed by atoms with Crippen LogP contribution in [0.2, 0.25) is 0 Å². The van der Waals surface area contributed by atoms with E-state index < -0.39 is 0 Å². The van der Waals surface area contributed by atoms with Gasteiger partial charge in [0.1, 0.15) is 0 Å². The number of aliphatic hydroxyl groups is 1. The second kappa shape index (κ2) is 11.8. The highest BCUT2D eigenvalue weighted by molar-refractivity contribution is 5.24. The van der Waals surface area contributed by atoms with Crippen LogP contribution in [0.4, 0.5) is 0 Å². The van der Waals surface area contributed by atoms with Gasteiger partial charge < -0.3 is 9.84 Å². The maximum atomic E-state index is 10.2. The van der Waals surface area contributed by atoms with Crippen molar-refractivity contribution in [2.45, 2.75) is 77.4 Å². The lowest BCUT2D eigenvalue weighted by atomic mass is 10.0. The molecule has 0 aliphatic heterocycles. The molecule has 0 fully saturated rings. The highest BCUT2D eigenvalue weighted by Gasteiger charge is 2.07. The average Bonchev–Trinajstić information content (AvgIpc) is 2.50. The zero-order chi connectivity index (χ0) is 15.3. The minimum absolute atomic E-state index is 0.332. The summed E-state index contributed by atoms with van der Waals surface area (Å²) in [4.78, 5) is 0. The molecule has 0 amide bonds. The van der Waals surface area contributed by atoms with E-state index in [1.165, 1.54) is 44.9 Å². The Morgan fingerprint density at radius 1 is 1.00 bits per heavy atom. The van der Waals surface area contributed by atoms with Gasteiger partial charge >= 0.3 is 0 Å². The van der Waals surface area contributed by atoms with E-state index in [4.69, 9.17) is 4.74 Å². The highest BCUT2D eigenvalue weighted by Crippen LogP contribution is 2.21. The minimum Gasteiger partial charge on any atom is -0.388 e. The molecule has 1 rings (SSSR count). The number of hydrogen-bond acceptors (Lipinski definition) is 2. The Morgan fingerprint density at radius 3 is 2.33 bits per heavy atom. The van der Waals surface area contributed by atoms with Gasteiger partial charge in [-0.3, -0.25) is 0 Å². The van der Waals surface area contributed by atoms with E-state index in [-0.39, 0.29) is 6.10 Å². The fourth-order valence-corrected chi connectivity index (χ4v) is 2.70. The third-order valence-corrected chi connectivity index (χ3v) is 3.98. The summed E-state index contributed by atoms with van der Waals surface area (Å²) in [5, 5.41) is 10.2. The maximum Gasteiger partial charge on any atom is 0.0790 e. The van der Waals surface area contributed by atoms with Crippen molar-refractivity contribution in [2.75, 3.05) is 7.11 Å². The molecule has 0 saturated heterocycles. The van der Waals surface area contributed by atoms with Crippen LogP contribution in [0.3, 0.4) is 0 Å². The Labute approximate surface area is 130 Å². The first-order valence-corrected chi connectivity index (χ1v) is 8.53. The zero-order valence-corrected chi connectivity index (χ0v) is 13.8. The molecule has 1 aromatic rings. The molecule has 1 N–H and O–H groups in total. The number of aliphatic hydroxyl groups excluding tert-OH is 1. The van der Waals surface area contributed by atoms with Gasteiger partial charge in [0.05, 0.1) is 12.7 Å². The number of unbranched alkanes of at least 4 members (excludes halogenated alkanes) is 7. The number of methoxy groups -OCH3 is 1. The standard InChI is InChI=1S/C19H32O2/c1-3-4-5-6-7-8-9-10-14-19(20)18-13-11-12-17(15-18)16-21-2/h11-13,15,19-20H,3-10,14,16H2,1-2H3. The molecule has 0 aliphatic carbocycles. The molecule has 0 heterocycles. The van der Waals surface area contributed by atoms with Crippen LogP contribution in [-0.4, -0.2) is 12.2 Å². The fraction of sp³-hybridized carbons (Fsp3) is 0.684. The first-order chi connectivity index (χ1) is 10.3. The van der Waals surface area contributed by atoms with Gasteiger partial charge in [-0.05, 0) is 17.5 Å². The van der Waals surface area contributed by atoms with Crippen molar-refractivity contribution in [3.05, 3.63) is 35.4 Å². The number of ether oxygens (including phenoxy) is 1. The third-order valence-electron chi connectivity index (χ3n) is 3.98. The maximum absolute atomic E-state index is 10.2. The molecule has 1 aromatic carbocycles. The van der Waals surface area contributed by atoms with Crippen molar-refractivity contribution < 1.29 is 9.84 Å². The van der Waals surface area contributed by atoms with Gasteiger partial charge in [0.25, 0.3) is 0 Å². The van der Waals surface area contributed by atoms with Crippen LogP contribution >= 0.6 is 0 Å². The molecule has 2 heteroatoms. The van der Waals surface area contributed by atoms with Crippen molar-refractivity contribution in [1.82, 2.24) is 0 Å². The lowest BCUT2D eigenvalue weighted by molar-refractivity contribution is 0.162. The Bertz CT molecular complexity index is 362. The predicted octanol–water partition coefficient (Wildman–Crippen LogP) is 5.40. The summed E-state index contributed by atoms with van der Waals surface area (Å²) in [6, 6.07) is 8.10. The summed E-state index contributed by atoms with van der Waals surface area (Å²) in [7, 11) is 1.70. The molecular weight excluding hydrogens is 260 g/mol. The van der Waals surface area contributed by atoms with E-state index in [1.54, 1.807) is 7.11 Å². The predicted molar refractivity (Wildman–Crippen MR) is 89.3 cm³/mol. The molecular formula is C19H32O2. The van der Waals surface area contributed by atoms with Crippen LogP contribution < -0.4 is 0 Å². The largest absolute Gasteiger partial charge is 0.388 e. The summed E-state index contributed by atoms with van der Waals surface area (Å²) >= 11 is 0. The van der Waals surface area contributed by atoms with Gasteiger partial charge in [0, 0.05) is 7.11 Å². The Morgan fingerprint density at radius 2 is 1.67 bits per heavy atom. The van der Waals surface area contributed by atoms with E-state index in [0.29, 0.717) is 6.61 Å². The molecule has 0 radical (unpaired) electrons. The number of hydrogen-bond donors (Lipinski definition) is 1. The molecule has 0 saturated carbocycles. The van der Waals surface area contributed by atoms with Crippen LogP contribution in [-0.2, 0) is 11.3 Å². The summed E-state index contributed by atoms with van der Waals surface area (Å²) in [5.74, 6) is 0. The van der Waals surface area contributed by atoms with Crippen LogP contribution in [0.25, 0.3) is 0 Å². The van der Waals surface area contributed by atoms with Crippen molar-refractivity contribution in [3.63, 3.8) is 0 Å². The van der Waals surface area contributed by atoms with E-state index in [1.807, 2.05) is 18.2 Å². The zero-order valence-electron chi connectivity index (χ0n) is 13.8. The SMILES string of the molecule is CCCCCCCCCCC(O)c1cccc(COC)c1. The Balaban J connectivity index is 2.15. The van der Waals surface area contributed by atoms with Crippen LogP contribution in [0.5, 0.6) is 0 Å². The van der Waals surface area contributed by atoms with Crippen molar-refractivity contribution in [3.8, 4) is 0 Å². The first-order valence-electron chi connectivity index (χ1n) is 8.53. The smallest absolute Gasteiger partial charge is 0.0790 e. The van der Waals surface area contributed by atoms with E-state index in [9.17, 15) is 5.11 Å². The molecule has 1 atom stereocenters. The quantitative estimate of drug-likeness (QED) is 0.523. The highest BCUT2D eigenvalue weighted by atomic mass is 16.5. The lowest BCUT2D eigenvalue weighted by Gasteiger charge is -2.12. The first kappa shape index (κ1) is 18.2. The van der Waals surface area contributed by atoms with Crippen LogP contribution in [0, 0.1) is 0 Å². The van der Waals surface area contributed by atoms with Crippen LogP contribution in [0.15, 0.2) is 24.3 Å². The second-order valence-electron chi connectivity index (χ2n) is 5.96. The topological polar surface area (TPSA) is 29.5 Å². The van der Waals surface area contributed by atoms with Gasteiger partial charge in [-0.25, -0.2) is 0 Å². The van der Waals surface area contributed by atoms with Gasteiger partial charge in [0.2, 0.25) is 0 Å². The van der Waals surface area contributed by atoms with Crippen molar-refractivity contribution >= 4 is 0 Å². The Hall–Kier alpha value is -0.860. The molecule has 0 aliphatic rings. The molecule has 21 heavy (non-hydrogen) atoms. The molecule has 0 bridgehead atoms. The number of benzene rings is 1. The van der Waals surface area contributed by atoms with E-state index in [0.717, 1.165) is 24.0 Å². The van der Waals surface area contributed by atoms with Gasteiger partial charge in [-0.1, -0.05) is 82.6 Å². The third kappa shape index (κ3) is 8.23. The summed E-state index contributed by atoms with van der Waals surface area (Å²) in [6.07, 6.45) is 11.0. The van der Waals surface area contributed by atoms with Gasteiger partial charge in [-0.15, -0.1) is 0 Å². The molecule has 1 unspecified atom stereocenters. The summed E-state index contributed by atoms with van der Waals surface area (Å²) < 4.78 is 5.13. The average molecular weight is 292 g/mol. The molecule has 0 spiro atoms. The van der Waals surface area contributed by atoms with Crippen molar-refractivity contribution in [1.29, 1.82) is 0 Å². The van der Waals surface area contributed by atoms with Crippen LogP contribution in [0.1, 0.15) is 81.9 Å². The second-order valence-corrected chi connectivity index (χ2v) is 5.96. The lowest BCUT2D eigenvalue weighted by Crippen LogP contribution is -1.99. The molecule has 0 aromatic heterocycles. The Kier molecular flexibility index (Phi) is 10.2. The van der Waals surface area contributed by atoms with E-state index in [2.05, 4.69) is 13.0 Å².